The predicted octanol–water partition coefficient (Wildman–Crippen LogP) is 3.46. The second kappa shape index (κ2) is 6.79. The largest absolute Gasteiger partial charge is 0.474 e. The average molecular weight is 401 g/mol. The molecule has 146 valence electrons. The van der Waals surface area contributed by atoms with E-state index in [2.05, 4.69) is 4.98 Å². The zero-order chi connectivity index (χ0) is 19.9. The summed E-state index contributed by atoms with van der Waals surface area (Å²) >= 11 is 0. The minimum Gasteiger partial charge on any atom is -0.474 e. The maximum Gasteiger partial charge on any atom is 0.417 e. The number of pyridine rings is 1. The standard InChI is InChI=1S/C18H18F3NO4S/c1-27(24,25)14-5-2-4-12(8-14)15-9-13(18(19,20)21)10-22-16(15)26-11-17(23)6-3-7-17/h2,4-5,8-10,23H,3,6-7,11H2,1H3. The van der Waals surface area contributed by atoms with Gasteiger partial charge in [-0.1, -0.05) is 12.1 Å². The smallest absolute Gasteiger partial charge is 0.417 e. The van der Waals surface area contributed by atoms with Gasteiger partial charge in [-0.3, -0.25) is 0 Å². The Morgan fingerprint density at radius 1 is 1.26 bits per heavy atom. The Morgan fingerprint density at radius 2 is 1.96 bits per heavy atom. The predicted molar refractivity (Wildman–Crippen MR) is 92.1 cm³/mol. The number of nitrogens with zero attached hydrogens (tertiary/aromatic N) is 1. The van der Waals surface area contributed by atoms with Crippen LogP contribution in [0.2, 0.25) is 0 Å². The van der Waals surface area contributed by atoms with E-state index in [0.29, 0.717) is 19.0 Å². The molecule has 0 atom stereocenters. The van der Waals surface area contributed by atoms with Crippen molar-refractivity contribution in [2.24, 2.45) is 0 Å². The lowest BCUT2D eigenvalue weighted by atomic mass is 9.81. The van der Waals surface area contributed by atoms with Crippen molar-refractivity contribution in [1.82, 2.24) is 4.98 Å². The van der Waals surface area contributed by atoms with Gasteiger partial charge in [-0.25, -0.2) is 13.4 Å². The molecule has 0 saturated heterocycles. The van der Waals surface area contributed by atoms with E-state index in [4.69, 9.17) is 4.74 Å². The molecule has 1 saturated carbocycles. The number of aromatic nitrogens is 1. The van der Waals surface area contributed by atoms with Crippen molar-refractivity contribution in [3.8, 4) is 17.0 Å². The number of alkyl halides is 3. The van der Waals surface area contributed by atoms with Crippen molar-refractivity contribution in [2.75, 3.05) is 12.9 Å². The van der Waals surface area contributed by atoms with Crippen molar-refractivity contribution in [3.63, 3.8) is 0 Å². The molecule has 1 aromatic carbocycles. The third kappa shape index (κ3) is 4.41. The third-order valence-electron chi connectivity index (χ3n) is 4.51. The topological polar surface area (TPSA) is 76.5 Å². The molecular weight excluding hydrogens is 383 g/mol. The summed E-state index contributed by atoms with van der Waals surface area (Å²) < 4.78 is 68.4. The Labute approximate surface area is 154 Å². The van der Waals surface area contributed by atoms with Crippen LogP contribution in [0.3, 0.4) is 0 Å². The SMILES string of the molecule is CS(=O)(=O)c1cccc(-c2cc(C(F)(F)F)cnc2OCC2(O)CCC2)c1. The fourth-order valence-corrected chi connectivity index (χ4v) is 3.42. The molecule has 1 aliphatic rings. The van der Waals surface area contributed by atoms with Crippen LogP contribution in [0.5, 0.6) is 5.88 Å². The first-order valence-corrected chi connectivity index (χ1v) is 10.1. The quantitative estimate of drug-likeness (QED) is 0.830. The molecule has 1 heterocycles. The summed E-state index contributed by atoms with van der Waals surface area (Å²) in [6, 6.07) is 6.43. The van der Waals surface area contributed by atoms with E-state index in [9.17, 15) is 26.7 Å². The van der Waals surface area contributed by atoms with E-state index < -0.39 is 27.2 Å². The minimum absolute atomic E-state index is 0.0123. The van der Waals surface area contributed by atoms with Gasteiger partial charge in [-0.05, 0) is 43.0 Å². The van der Waals surface area contributed by atoms with Crippen molar-refractivity contribution < 1.29 is 31.4 Å². The summed E-state index contributed by atoms with van der Waals surface area (Å²) in [6.45, 7) is -0.0931. The van der Waals surface area contributed by atoms with Crippen LogP contribution in [0.1, 0.15) is 24.8 Å². The van der Waals surface area contributed by atoms with Gasteiger partial charge in [0, 0.05) is 18.0 Å². The highest BCUT2D eigenvalue weighted by atomic mass is 32.2. The van der Waals surface area contributed by atoms with E-state index in [1.807, 2.05) is 0 Å². The molecule has 3 rings (SSSR count). The lowest BCUT2D eigenvalue weighted by Gasteiger charge is -2.36. The summed E-state index contributed by atoms with van der Waals surface area (Å²) in [4.78, 5) is 3.75. The first kappa shape index (κ1) is 19.6. The number of hydrogen-bond donors (Lipinski definition) is 1. The Morgan fingerprint density at radius 3 is 2.52 bits per heavy atom. The first-order valence-electron chi connectivity index (χ1n) is 8.21. The van der Waals surface area contributed by atoms with Crippen LogP contribution in [0.25, 0.3) is 11.1 Å². The summed E-state index contributed by atoms with van der Waals surface area (Å²) in [7, 11) is -3.54. The molecule has 0 unspecified atom stereocenters. The summed E-state index contributed by atoms with van der Waals surface area (Å²) in [6.07, 6.45) is -0.992. The summed E-state index contributed by atoms with van der Waals surface area (Å²) in [5.41, 5.74) is -1.74. The van der Waals surface area contributed by atoms with Crippen LogP contribution in [-0.2, 0) is 16.0 Å². The molecular formula is C18H18F3NO4S. The zero-order valence-electron chi connectivity index (χ0n) is 14.5. The van der Waals surface area contributed by atoms with Crippen LogP contribution in [-0.4, -0.2) is 37.0 Å². The molecule has 1 aromatic heterocycles. The van der Waals surface area contributed by atoms with Crippen LogP contribution in [0.4, 0.5) is 13.2 Å². The molecule has 0 amide bonds. The lowest BCUT2D eigenvalue weighted by molar-refractivity contribution is -0.137. The van der Waals surface area contributed by atoms with E-state index in [-0.39, 0.29) is 28.5 Å². The number of halogens is 3. The molecule has 0 aliphatic heterocycles. The molecule has 1 aliphatic carbocycles. The van der Waals surface area contributed by atoms with Gasteiger partial charge in [0.05, 0.1) is 16.1 Å². The molecule has 1 N–H and O–H groups in total. The highest BCUT2D eigenvalue weighted by Crippen LogP contribution is 2.38. The third-order valence-corrected chi connectivity index (χ3v) is 5.62. The van der Waals surface area contributed by atoms with E-state index in [1.165, 1.54) is 24.3 Å². The molecule has 1 fully saturated rings. The summed E-state index contributed by atoms with van der Waals surface area (Å²) in [5, 5.41) is 10.2. The number of aliphatic hydroxyl groups is 1. The molecule has 0 spiro atoms. The fraction of sp³-hybridized carbons (Fsp3) is 0.389. The van der Waals surface area contributed by atoms with E-state index in [0.717, 1.165) is 18.7 Å². The Balaban J connectivity index is 2.04. The highest BCUT2D eigenvalue weighted by Gasteiger charge is 2.36. The fourth-order valence-electron chi connectivity index (χ4n) is 2.76. The van der Waals surface area contributed by atoms with Crippen molar-refractivity contribution >= 4 is 9.84 Å². The van der Waals surface area contributed by atoms with E-state index in [1.54, 1.807) is 0 Å². The van der Waals surface area contributed by atoms with Crippen LogP contribution in [0, 0.1) is 0 Å². The van der Waals surface area contributed by atoms with Crippen molar-refractivity contribution in [2.45, 2.75) is 35.9 Å². The van der Waals surface area contributed by atoms with Gasteiger partial charge in [0.2, 0.25) is 5.88 Å². The number of ether oxygens (including phenoxy) is 1. The van der Waals surface area contributed by atoms with Crippen molar-refractivity contribution in [1.29, 1.82) is 0 Å². The molecule has 9 heteroatoms. The van der Waals surface area contributed by atoms with Gasteiger partial charge in [-0.2, -0.15) is 13.2 Å². The van der Waals surface area contributed by atoms with Crippen LogP contribution < -0.4 is 4.74 Å². The second-order valence-electron chi connectivity index (χ2n) is 6.74. The first-order chi connectivity index (χ1) is 12.5. The number of benzene rings is 1. The van der Waals surface area contributed by atoms with E-state index >= 15 is 0 Å². The van der Waals surface area contributed by atoms with Crippen LogP contribution >= 0.6 is 0 Å². The zero-order valence-corrected chi connectivity index (χ0v) is 15.3. The molecule has 2 aromatic rings. The number of hydrogen-bond acceptors (Lipinski definition) is 5. The van der Waals surface area contributed by atoms with Gasteiger partial charge < -0.3 is 9.84 Å². The van der Waals surface area contributed by atoms with Gasteiger partial charge in [0.15, 0.2) is 9.84 Å². The minimum atomic E-state index is -4.61. The Bertz CT molecular complexity index is 953. The Hall–Kier alpha value is -2.13. The van der Waals surface area contributed by atoms with Gasteiger partial charge in [0.25, 0.3) is 0 Å². The maximum absolute atomic E-state index is 13.1. The molecule has 5 nitrogen and oxygen atoms in total. The number of sulfone groups is 1. The average Bonchev–Trinajstić information content (AvgIpc) is 2.56. The normalized spacial score (nSPS) is 16.6. The van der Waals surface area contributed by atoms with Gasteiger partial charge >= 0.3 is 6.18 Å². The second-order valence-corrected chi connectivity index (χ2v) is 8.76. The molecule has 27 heavy (non-hydrogen) atoms. The van der Waals surface area contributed by atoms with Gasteiger partial charge in [0.1, 0.15) is 6.61 Å². The number of rotatable bonds is 5. The van der Waals surface area contributed by atoms with Crippen LogP contribution in [0.15, 0.2) is 41.4 Å². The van der Waals surface area contributed by atoms with Crippen molar-refractivity contribution in [3.05, 3.63) is 42.1 Å². The summed E-state index contributed by atoms with van der Waals surface area (Å²) in [5.74, 6) is -0.0889. The molecule has 0 radical (unpaired) electrons. The lowest BCUT2D eigenvalue weighted by Crippen LogP contribution is -2.42. The Kier molecular flexibility index (Phi) is 4.94. The maximum atomic E-state index is 13.1. The monoisotopic (exact) mass is 401 g/mol. The molecule has 0 bridgehead atoms. The highest BCUT2D eigenvalue weighted by molar-refractivity contribution is 7.90. The van der Waals surface area contributed by atoms with Gasteiger partial charge in [-0.15, -0.1) is 0 Å².